The van der Waals surface area contributed by atoms with Crippen LogP contribution >= 0.6 is 24.0 Å². The lowest BCUT2D eigenvalue weighted by Crippen LogP contribution is -2.04. The van der Waals surface area contributed by atoms with Crippen molar-refractivity contribution >= 4 is 28.4 Å². The molecule has 1 nitrogen and oxygen atoms in total. The highest BCUT2D eigenvalue weighted by molar-refractivity contribution is 8.23. The number of ether oxygens (including phenoxy) is 1. The van der Waals surface area contributed by atoms with Gasteiger partial charge in [-0.2, -0.15) is 0 Å². The highest BCUT2D eigenvalue weighted by Gasteiger charge is 2.35. The van der Waals surface area contributed by atoms with Crippen molar-refractivity contribution in [1.82, 2.24) is 0 Å². The van der Waals surface area contributed by atoms with Crippen LogP contribution in [0.15, 0.2) is 60.7 Å². The van der Waals surface area contributed by atoms with Gasteiger partial charge in [0, 0.05) is 0 Å². The van der Waals surface area contributed by atoms with Gasteiger partial charge >= 0.3 is 0 Å². The van der Waals surface area contributed by atoms with Crippen LogP contribution in [-0.2, 0) is 4.74 Å². The molecule has 2 aromatic rings. The van der Waals surface area contributed by atoms with E-state index in [2.05, 4.69) is 36.4 Å². The normalized spacial score (nSPS) is 22.8. The third-order valence-electron chi connectivity index (χ3n) is 2.98. The third-order valence-corrected chi connectivity index (χ3v) is 4.42. The van der Waals surface area contributed by atoms with Gasteiger partial charge in [0.1, 0.15) is 6.10 Å². The highest BCUT2D eigenvalue weighted by atomic mass is 32.2. The van der Waals surface area contributed by atoms with Crippen molar-refractivity contribution in [2.45, 2.75) is 11.4 Å². The first-order valence-corrected chi connectivity index (χ1v) is 7.10. The highest BCUT2D eigenvalue weighted by Crippen LogP contribution is 2.49. The van der Waals surface area contributed by atoms with E-state index in [-0.39, 0.29) is 11.4 Å². The fourth-order valence-electron chi connectivity index (χ4n) is 2.13. The van der Waals surface area contributed by atoms with Gasteiger partial charge in [-0.25, -0.2) is 0 Å². The minimum Gasteiger partial charge on any atom is -0.469 e. The molecule has 2 atom stereocenters. The minimum atomic E-state index is 0.0195. The lowest BCUT2D eigenvalue weighted by atomic mass is 10.0. The van der Waals surface area contributed by atoms with E-state index in [1.54, 1.807) is 11.8 Å². The Bertz CT molecular complexity index is 489. The van der Waals surface area contributed by atoms with E-state index in [1.807, 2.05) is 24.3 Å². The monoisotopic (exact) mass is 272 g/mol. The van der Waals surface area contributed by atoms with E-state index >= 15 is 0 Å². The molecule has 18 heavy (non-hydrogen) atoms. The van der Waals surface area contributed by atoms with Crippen LogP contribution < -0.4 is 0 Å². The second-order valence-electron chi connectivity index (χ2n) is 4.15. The van der Waals surface area contributed by atoms with E-state index in [1.165, 1.54) is 11.1 Å². The standard InChI is InChI=1S/C15H12OS2/c17-15-16-13(11-7-3-1-4-8-11)14(18-15)12-9-5-2-6-10-12/h1-10,13-14H. The Kier molecular flexibility index (Phi) is 3.35. The predicted molar refractivity (Wildman–Crippen MR) is 79.6 cm³/mol. The van der Waals surface area contributed by atoms with E-state index in [0.29, 0.717) is 4.38 Å². The summed E-state index contributed by atoms with van der Waals surface area (Å²) in [6.07, 6.45) is 0.0195. The van der Waals surface area contributed by atoms with E-state index in [9.17, 15) is 0 Å². The smallest absolute Gasteiger partial charge is 0.221 e. The average Bonchev–Trinajstić information content (AvgIpc) is 2.83. The number of thioether (sulfide) groups is 1. The molecule has 0 aliphatic carbocycles. The number of hydrogen-bond donors (Lipinski definition) is 0. The Morgan fingerprint density at radius 1 is 0.833 bits per heavy atom. The Hall–Kier alpha value is -1.32. The Morgan fingerprint density at radius 3 is 2.00 bits per heavy atom. The SMILES string of the molecule is S=C1OC(c2ccccc2)C(c2ccccc2)S1. The summed E-state index contributed by atoms with van der Waals surface area (Å²) in [4.78, 5) is 0. The lowest BCUT2D eigenvalue weighted by molar-refractivity contribution is 0.214. The van der Waals surface area contributed by atoms with Gasteiger partial charge in [0.25, 0.3) is 0 Å². The van der Waals surface area contributed by atoms with Crippen molar-refractivity contribution < 1.29 is 4.74 Å². The molecular formula is C15H12OS2. The van der Waals surface area contributed by atoms with Gasteiger partial charge in [0.2, 0.25) is 4.38 Å². The van der Waals surface area contributed by atoms with Crippen molar-refractivity contribution in [3.8, 4) is 0 Å². The zero-order valence-corrected chi connectivity index (χ0v) is 11.3. The molecule has 0 N–H and O–H groups in total. The fraction of sp³-hybridized carbons (Fsp3) is 0.133. The van der Waals surface area contributed by atoms with Crippen LogP contribution in [0.3, 0.4) is 0 Å². The van der Waals surface area contributed by atoms with Gasteiger partial charge in [-0.05, 0) is 23.3 Å². The summed E-state index contributed by atoms with van der Waals surface area (Å²) in [5, 5.41) is 0.251. The first-order valence-electron chi connectivity index (χ1n) is 5.82. The molecule has 3 rings (SSSR count). The second-order valence-corrected chi connectivity index (χ2v) is 5.89. The summed E-state index contributed by atoms with van der Waals surface area (Å²) in [5.41, 5.74) is 2.44. The minimum absolute atomic E-state index is 0.0195. The molecular weight excluding hydrogens is 260 g/mol. The first-order chi connectivity index (χ1) is 8.84. The van der Waals surface area contributed by atoms with E-state index in [0.717, 1.165) is 0 Å². The number of rotatable bonds is 2. The van der Waals surface area contributed by atoms with Gasteiger partial charge in [0.05, 0.1) is 5.25 Å². The van der Waals surface area contributed by atoms with Crippen LogP contribution in [0.4, 0.5) is 0 Å². The maximum absolute atomic E-state index is 5.81. The molecule has 1 aliphatic heterocycles. The Morgan fingerprint density at radius 2 is 1.39 bits per heavy atom. The quantitative estimate of drug-likeness (QED) is 0.744. The van der Waals surface area contributed by atoms with Crippen molar-refractivity contribution in [3.63, 3.8) is 0 Å². The van der Waals surface area contributed by atoms with Crippen molar-refractivity contribution in [2.24, 2.45) is 0 Å². The number of hydrogen-bond acceptors (Lipinski definition) is 3. The van der Waals surface area contributed by atoms with Gasteiger partial charge in [-0.1, -0.05) is 72.4 Å². The van der Waals surface area contributed by atoms with E-state index in [4.69, 9.17) is 17.0 Å². The predicted octanol–water partition coefficient (Wildman–Crippen LogP) is 4.52. The molecule has 1 fully saturated rings. The molecule has 2 unspecified atom stereocenters. The summed E-state index contributed by atoms with van der Waals surface area (Å²) >= 11 is 6.84. The molecule has 90 valence electrons. The molecule has 2 aromatic carbocycles. The fourth-order valence-corrected chi connectivity index (χ4v) is 3.54. The summed E-state index contributed by atoms with van der Waals surface area (Å²) in [7, 11) is 0. The lowest BCUT2D eigenvalue weighted by Gasteiger charge is -2.17. The molecule has 1 aliphatic rings. The van der Waals surface area contributed by atoms with Crippen molar-refractivity contribution in [2.75, 3.05) is 0 Å². The third kappa shape index (κ3) is 2.28. The molecule has 0 spiro atoms. The molecule has 0 amide bonds. The van der Waals surface area contributed by atoms with Crippen LogP contribution in [0.25, 0.3) is 0 Å². The largest absolute Gasteiger partial charge is 0.469 e. The summed E-state index contributed by atoms with van der Waals surface area (Å²) in [5.74, 6) is 0. The maximum atomic E-state index is 5.81. The molecule has 0 bridgehead atoms. The van der Waals surface area contributed by atoms with Crippen molar-refractivity contribution in [1.29, 1.82) is 0 Å². The molecule has 1 saturated heterocycles. The van der Waals surface area contributed by atoms with Gasteiger partial charge < -0.3 is 4.74 Å². The summed E-state index contributed by atoms with van der Waals surface area (Å²) < 4.78 is 6.45. The molecule has 1 heterocycles. The molecule has 0 radical (unpaired) electrons. The van der Waals surface area contributed by atoms with Crippen LogP contribution in [-0.4, -0.2) is 4.38 Å². The van der Waals surface area contributed by atoms with Gasteiger partial charge in [-0.15, -0.1) is 0 Å². The second kappa shape index (κ2) is 5.12. The first kappa shape index (κ1) is 11.8. The zero-order chi connectivity index (χ0) is 12.4. The number of thiocarbonyl (C=S) groups is 1. The molecule has 0 aromatic heterocycles. The van der Waals surface area contributed by atoms with Crippen LogP contribution in [0, 0.1) is 0 Å². The van der Waals surface area contributed by atoms with Crippen molar-refractivity contribution in [3.05, 3.63) is 71.8 Å². The maximum Gasteiger partial charge on any atom is 0.221 e. The van der Waals surface area contributed by atoms with Gasteiger partial charge in [0.15, 0.2) is 0 Å². The number of benzene rings is 2. The average molecular weight is 272 g/mol. The molecule has 3 heteroatoms. The summed E-state index contributed by atoms with van der Waals surface area (Å²) in [6.45, 7) is 0. The van der Waals surface area contributed by atoms with Crippen LogP contribution in [0.2, 0.25) is 0 Å². The topological polar surface area (TPSA) is 9.23 Å². The Balaban J connectivity index is 1.96. The zero-order valence-electron chi connectivity index (χ0n) is 9.65. The summed E-state index contributed by atoms with van der Waals surface area (Å²) in [6, 6.07) is 20.7. The molecule has 0 saturated carbocycles. The van der Waals surface area contributed by atoms with Gasteiger partial charge in [-0.3, -0.25) is 0 Å². The Labute approximate surface area is 116 Å². The van der Waals surface area contributed by atoms with Crippen LogP contribution in [0.5, 0.6) is 0 Å². The van der Waals surface area contributed by atoms with E-state index < -0.39 is 0 Å². The van der Waals surface area contributed by atoms with Crippen LogP contribution in [0.1, 0.15) is 22.5 Å².